The first-order chi connectivity index (χ1) is 23.2. The Balaban J connectivity index is 1.34. The van der Waals surface area contributed by atoms with E-state index in [2.05, 4.69) is 4.99 Å². The molecule has 49 heavy (non-hydrogen) atoms. The highest BCUT2D eigenvalue weighted by Crippen LogP contribution is 2.34. The first kappa shape index (κ1) is 35.8. The van der Waals surface area contributed by atoms with Crippen molar-refractivity contribution in [2.45, 2.75) is 64.1 Å². The SMILES string of the molecule is CCCN(Cc1ccc(CN(C(=O)O)C(C)(C)C)cc1)C(=O)C1=Cc2ccc(-c3cccc(S(=O)(=O)N4CC(CO)C4)c3)cc2N=C(N)C1. The van der Waals surface area contributed by atoms with Gasteiger partial charge in [0.25, 0.3) is 5.91 Å². The van der Waals surface area contributed by atoms with E-state index in [0.717, 1.165) is 28.7 Å². The summed E-state index contributed by atoms with van der Waals surface area (Å²) in [6, 6.07) is 20.0. The smallest absolute Gasteiger partial charge is 0.408 e. The number of carbonyl (C=O) groups excluding carboxylic acids is 1. The highest BCUT2D eigenvalue weighted by atomic mass is 32.2. The van der Waals surface area contributed by atoms with Gasteiger partial charge in [0, 0.05) is 68.3 Å². The number of benzene rings is 3. The summed E-state index contributed by atoms with van der Waals surface area (Å²) in [6.07, 6.45) is 1.78. The first-order valence-corrected chi connectivity index (χ1v) is 17.9. The quantitative estimate of drug-likeness (QED) is 0.242. The standard InChI is InChI=1S/C37H45N5O6S/c1-5-15-40(20-25-9-11-26(12-10-25)23-42(36(45)46)37(2,3)4)35(44)31-16-30-14-13-29(18-33(30)39-34(38)19-31)28-7-6-8-32(17-28)49(47,48)41-21-27(22-41)24-43/h6-14,16-18,27,43H,5,15,19-24H2,1-4H3,(H2,38,39)(H,45,46). The summed E-state index contributed by atoms with van der Waals surface area (Å²) in [4.78, 5) is 33.7. The zero-order valence-corrected chi connectivity index (χ0v) is 29.3. The van der Waals surface area contributed by atoms with Crippen molar-refractivity contribution >= 4 is 39.6 Å². The molecule has 1 fully saturated rings. The number of sulfonamides is 1. The fraction of sp³-hybridized carbons (Fsp3) is 0.378. The van der Waals surface area contributed by atoms with E-state index in [1.807, 2.05) is 82.3 Å². The Hall–Kier alpha value is -4.52. The van der Waals surface area contributed by atoms with Crippen LogP contribution in [-0.2, 0) is 27.9 Å². The Morgan fingerprint density at radius 1 is 0.980 bits per heavy atom. The topological polar surface area (TPSA) is 157 Å². The number of carbonyl (C=O) groups is 2. The minimum absolute atomic E-state index is 0.0338. The van der Waals surface area contributed by atoms with Crippen LogP contribution >= 0.6 is 0 Å². The van der Waals surface area contributed by atoms with Gasteiger partial charge in [0.1, 0.15) is 5.84 Å². The van der Waals surface area contributed by atoms with Crippen LogP contribution in [0.1, 0.15) is 57.2 Å². The molecule has 2 heterocycles. The molecule has 0 radical (unpaired) electrons. The maximum absolute atomic E-state index is 13.9. The fourth-order valence-electron chi connectivity index (χ4n) is 6.00. The molecule has 2 amide bonds. The second-order valence-corrected chi connectivity index (χ2v) is 15.6. The lowest BCUT2D eigenvalue weighted by Crippen LogP contribution is -2.51. The lowest BCUT2D eigenvalue weighted by Gasteiger charge is -2.36. The molecule has 0 bridgehead atoms. The van der Waals surface area contributed by atoms with Crippen molar-refractivity contribution in [2.75, 3.05) is 26.2 Å². The molecule has 0 atom stereocenters. The van der Waals surface area contributed by atoms with Crippen molar-refractivity contribution in [3.63, 3.8) is 0 Å². The molecule has 1 saturated heterocycles. The third kappa shape index (κ3) is 8.21. The summed E-state index contributed by atoms with van der Waals surface area (Å²) in [5, 5.41) is 19.0. The lowest BCUT2D eigenvalue weighted by molar-refractivity contribution is -0.127. The van der Waals surface area contributed by atoms with Gasteiger partial charge in [-0.25, -0.2) is 18.2 Å². The molecule has 2 aliphatic heterocycles. The summed E-state index contributed by atoms with van der Waals surface area (Å²) in [5.74, 6) is 0.122. The molecule has 2 aliphatic rings. The summed E-state index contributed by atoms with van der Waals surface area (Å²) in [5.41, 5.74) is 10.9. The highest BCUT2D eigenvalue weighted by Gasteiger charge is 2.36. The number of nitrogens with two attached hydrogens (primary N) is 1. The van der Waals surface area contributed by atoms with Crippen LogP contribution in [-0.4, -0.2) is 82.4 Å². The molecule has 0 saturated carbocycles. The van der Waals surface area contributed by atoms with Gasteiger partial charge in [0.2, 0.25) is 10.0 Å². The van der Waals surface area contributed by atoms with E-state index >= 15 is 0 Å². The molecule has 260 valence electrons. The van der Waals surface area contributed by atoms with Crippen LogP contribution in [0, 0.1) is 5.92 Å². The zero-order chi connectivity index (χ0) is 35.5. The largest absolute Gasteiger partial charge is 0.465 e. The van der Waals surface area contributed by atoms with Crippen molar-refractivity contribution < 1.29 is 28.2 Å². The number of aliphatic hydroxyl groups excluding tert-OH is 1. The molecule has 0 spiro atoms. The highest BCUT2D eigenvalue weighted by molar-refractivity contribution is 7.89. The maximum Gasteiger partial charge on any atom is 0.408 e. The first-order valence-electron chi connectivity index (χ1n) is 16.5. The number of hydrogen-bond acceptors (Lipinski definition) is 7. The molecule has 3 aromatic carbocycles. The Labute approximate surface area is 288 Å². The van der Waals surface area contributed by atoms with Crippen molar-refractivity contribution in [1.82, 2.24) is 14.1 Å². The van der Waals surface area contributed by atoms with Crippen molar-refractivity contribution in [1.29, 1.82) is 0 Å². The summed E-state index contributed by atoms with van der Waals surface area (Å²) >= 11 is 0. The van der Waals surface area contributed by atoms with Crippen LogP contribution in [0.25, 0.3) is 17.2 Å². The number of amidine groups is 1. The minimum Gasteiger partial charge on any atom is -0.465 e. The second-order valence-electron chi connectivity index (χ2n) is 13.7. The van der Waals surface area contributed by atoms with E-state index in [-0.39, 0.29) is 36.3 Å². The van der Waals surface area contributed by atoms with Gasteiger partial charge in [-0.3, -0.25) is 9.69 Å². The monoisotopic (exact) mass is 687 g/mol. The molecule has 3 aromatic rings. The average molecular weight is 688 g/mol. The Morgan fingerprint density at radius 2 is 1.63 bits per heavy atom. The number of amides is 2. The van der Waals surface area contributed by atoms with Gasteiger partial charge in [-0.05, 0) is 73.7 Å². The third-order valence-electron chi connectivity index (χ3n) is 8.82. The number of rotatable bonds is 11. The third-order valence-corrected chi connectivity index (χ3v) is 10.6. The molecular formula is C37H45N5O6S. The molecule has 0 aromatic heterocycles. The van der Waals surface area contributed by atoms with Gasteiger partial charge >= 0.3 is 6.09 Å². The van der Waals surface area contributed by atoms with E-state index < -0.39 is 21.7 Å². The normalized spacial score (nSPS) is 15.4. The molecule has 0 aliphatic carbocycles. The summed E-state index contributed by atoms with van der Waals surface area (Å²) in [7, 11) is -3.68. The van der Waals surface area contributed by atoms with Crippen LogP contribution in [0.15, 0.2) is 82.2 Å². The predicted octanol–water partition coefficient (Wildman–Crippen LogP) is 5.46. The number of aliphatic hydroxyl groups is 1. The van der Waals surface area contributed by atoms with Gasteiger partial charge in [-0.1, -0.05) is 55.5 Å². The van der Waals surface area contributed by atoms with Gasteiger partial charge in [-0.2, -0.15) is 4.31 Å². The van der Waals surface area contributed by atoms with Crippen LogP contribution < -0.4 is 5.73 Å². The number of carboxylic acid groups (broad SMARTS) is 1. The van der Waals surface area contributed by atoms with Crippen molar-refractivity contribution in [2.24, 2.45) is 16.6 Å². The number of aliphatic imine (C=N–C) groups is 1. The van der Waals surface area contributed by atoms with E-state index in [1.54, 1.807) is 23.1 Å². The maximum atomic E-state index is 13.9. The molecule has 5 rings (SSSR count). The molecule has 4 N–H and O–H groups in total. The fourth-order valence-corrected chi connectivity index (χ4v) is 7.64. The average Bonchev–Trinajstić information content (AvgIpc) is 3.20. The molecule has 11 nitrogen and oxygen atoms in total. The second kappa shape index (κ2) is 14.5. The van der Waals surface area contributed by atoms with Crippen molar-refractivity contribution in [3.05, 3.63) is 89.0 Å². The Morgan fingerprint density at radius 3 is 2.24 bits per heavy atom. The molecular weight excluding hydrogens is 643 g/mol. The Bertz CT molecular complexity index is 1880. The van der Waals surface area contributed by atoms with Crippen LogP contribution in [0.5, 0.6) is 0 Å². The zero-order valence-electron chi connectivity index (χ0n) is 28.5. The van der Waals surface area contributed by atoms with E-state index in [4.69, 9.17) is 5.73 Å². The van der Waals surface area contributed by atoms with E-state index in [9.17, 15) is 28.2 Å². The Kier molecular flexibility index (Phi) is 10.6. The molecule has 0 unspecified atom stereocenters. The van der Waals surface area contributed by atoms with Crippen LogP contribution in [0.2, 0.25) is 0 Å². The van der Waals surface area contributed by atoms with Crippen LogP contribution in [0.3, 0.4) is 0 Å². The van der Waals surface area contributed by atoms with Crippen molar-refractivity contribution in [3.8, 4) is 11.1 Å². The summed E-state index contributed by atoms with van der Waals surface area (Å²) < 4.78 is 27.7. The van der Waals surface area contributed by atoms with E-state index in [0.29, 0.717) is 48.8 Å². The predicted molar refractivity (Wildman–Crippen MR) is 191 cm³/mol. The van der Waals surface area contributed by atoms with Gasteiger partial charge < -0.3 is 20.8 Å². The number of nitrogens with zero attached hydrogens (tertiary/aromatic N) is 4. The molecule has 12 heteroatoms. The van der Waals surface area contributed by atoms with Gasteiger partial charge in [-0.15, -0.1) is 0 Å². The van der Waals surface area contributed by atoms with Gasteiger partial charge in [0.05, 0.1) is 10.6 Å². The number of fused-ring (bicyclic) bond motifs is 1. The lowest BCUT2D eigenvalue weighted by atomic mass is 10.0. The van der Waals surface area contributed by atoms with E-state index in [1.165, 1.54) is 9.21 Å². The van der Waals surface area contributed by atoms with Gasteiger partial charge in [0.15, 0.2) is 0 Å². The van der Waals surface area contributed by atoms with Crippen LogP contribution in [0.4, 0.5) is 10.5 Å². The minimum atomic E-state index is -3.68. The summed E-state index contributed by atoms with van der Waals surface area (Å²) in [6.45, 7) is 9.34. The number of hydrogen-bond donors (Lipinski definition) is 3.